The number of halogens is 2. The van der Waals surface area contributed by atoms with Crippen LogP contribution in [0, 0.1) is 12.7 Å². The first-order valence-electron chi connectivity index (χ1n) is 5.32. The van der Waals surface area contributed by atoms with Crippen LogP contribution in [-0.4, -0.2) is 0 Å². The summed E-state index contributed by atoms with van der Waals surface area (Å²) in [7, 11) is 0. The van der Waals surface area contributed by atoms with Gasteiger partial charge in [-0.15, -0.1) is 11.3 Å². The lowest BCUT2D eigenvalue weighted by atomic mass is 10.1. The number of aryl methyl sites for hydroxylation is 1. The Balaban J connectivity index is 2.11. The molecule has 90 valence electrons. The predicted octanol–water partition coefficient (Wildman–Crippen LogP) is 4.20. The highest BCUT2D eigenvalue weighted by molar-refractivity contribution is 9.10. The van der Waals surface area contributed by atoms with Crippen LogP contribution in [0.4, 0.5) is 4.39 Å². The van der Waals surface area contributed by atoms with Gasteiger partial charge in [0.15, 0.2) is 0 Å². The van der Waals surface area contributed by atoms with Gasteiger partial charge in [0.1, 0.15) is 5.82 Å². The fourth-order valence-electron chi connectivity index (χ4n) is 1.64. The third kappa shape index (κ3) is 3.15. The van der Waals surface area contributed by atoms with Gasteiger partial charge in [-0.1, -0.05) is 12.1 Å². The molecule has 0 radical (unpaired) electrons. The lowest BCUT2D eigenvalue weighted by molar-refractivity contribution is 0.626. The Kier molecular flexibility index (Phi) is 3.97. The highest BCUT2D eigenvalue weighted by Gasteiger charge is 2.11. The molecule has 2 rings (SSSR count). The fourth-order valence-corrected chi connectivity index (χ4v) is 3.20. The maximum absolute atomic E-state index is 12.8. The maximum Gasteiger partial charge on any atom is 0.123 e. The Bertz CT molecular complexity index is 487. The lowest BCUT2D eigenvalue weighted by Gasteiger charge is -2.09. The van der Waals surface area contributed by atoms with Gasteiger partial charge in [0.25, 0.3) is 0 Å². The summed E-state index contributed by atoms with van der Waals surface area (Å²) in [5.41, 5.74) is 7.20. The molecule has 2 aromatic rings. The zero-order valence-electron chi connectivity index (χ0n) is 9.41. The van der Waals surface area contributed by atoms with Crippen molar-refractivity contribution in [3.63, 3.8) is 0 Å². The first kappa shape index (κ1) is 12.7. The van der Waals surface area contributed by atoms with Gasteiger partial charge in [0, 0.05) is 20.3 Å². The molecule has 2 N–H and O–H groups in total. The predicted molar refractivity (Wildman–Crippen MR) is 73.8 cm³/mol. The molecular formula is C13H13BrFNS. The fraction of sp³-hybridized carbons (Fsp3) is 0.231. The quantitative estimate of drug-likeness (QED) is 0.903. The van der Waals surface area contributed by atoms with E-state index < -0.39 is 0 Å². The van der Waals surface area contributed by atoms with Crippen molar-refractivity contribution < 1.29 is 4.39 Å². The van der Waals surface area contributed by atoms with E-state index >= 15 is 0 Å². The van der Waals surface area contributed by atoms with Crippen molar-refractivity contribution in [2.24, 2.45) is 5.73 Å². The molecule has 0 fully saturated rings. The Morgan fingerprint density at radius 1 is 1.35 bits per heavy atom. The molecule has 1 nitrogen and oxygen atoms in total. The van der Waals surface area contributed by atoms with Gasteiger partial charge in [-0.25, -0.2) is 4.39 Å². The van der Waals surface area contributed by atoms with Crippen molar-refractivity contribution in [2.75, 3.05) is 0 Å². The van der Waals surface area contributed by atoms with E-state index in [1.165, 1.54) is 17.0 Å². The lowest BCUT2D eigenvalue weighted by Crippen LogP contribution is -2.11. The van der Waals surface area contributed by atoms with Crippen LogP contribution in [0.25, 0.3) is 0 Å². The van der Waals surface area contributed by atoms with Crippen LogP contribution in [0.3, 0.4) is 0 Å². The molecule has 1 aromatic heterocycles. The Morgan fingerprint density at radius 2 is 2.00 bits per heavy atom. The van der Waals surface area contributed by atoms with Crippen molar-refractivity contribution in [2.45, 2.75) is 19.4 Å². The van der Waals surface area contributed by atoms with Gasteiger partial charge in [0.05, 0.1) is 0 Å². The average Bonchev–Trinajstić information content (AvgIpc) is 2.63. The van der Waals surface area contributed by atoms with Crippen LogP contribution >= 0.6 is 27.3 Å². The summed E-state index contributed by atoms with van der Waals surface area (Å²) in [6.45, 7) is 2.06. The molecule has 0 bridgehead atoms. The molecule has 17 heavy (non-hydrogen) atoms. The standard InChI is InChI=1S/C13H13BrFNS/c1-8-11(14)7-13(17-8)12(16)6-9-2-4-10(15)5-3-9/h2-5,7,12H,6,16H2,1H3. The van der Waals surface area contributed by atoms with Gasteiger partial charge in [0.2, 0.25) is 0 Å². The SMILES string of the molecule is Cc1sc(C(N)Cc2ccc(F)cc2)cc1Br. The number of rotatable bonds is 3. The smallest absolute Gasteiger partial charge is 0.123 e. The summed E-state index contributed by atoms with van der Waals surface area (Å²) in [4.78, 5) is 2.38. The van der Waals surface area contributed by atoms with Gasteiger partial charge >= 0.3 is 0 Å². The minimum absolute atomic E-state index is 0.0320. The zero-order chi connectivity index (χ0) is 12.4. The van der Waals surface area contributed by atoms with E-state index in [-0.39, 0.29) is 11.9 Å². The second kappa shape index (κ2) is 5.29. The molecule has 0 aliphatic carbocycles. The first-order valence-corrected chi connectivity index (χ1v) is 6.93. The van der Waals surface area contributed by atoms with Crippen LogP contribution in [0.1, 0.15) is 21.4 Å². The number of hydrogen-bond acceptors (Lipinski definition) is 2. The molecule has 1 atom stereocenters. The van der Waals surface area contributed by atoms with Crippen LogP contribution in [0.5, 0.6) is 0 Å². The monoisotopic (exact) mass is 313 g/mol. The topological polar surface area (TPSA) is 26.0 Å². The van der Waals surface area contributed by atoms with Crippen molar-refractivity contribution in [1.29, 1.82) is 0 Å². The van der Waals surface area contributed by atoms with Crippen LogP contribution in [0.15, 0.2) is 34.8 Å². The third-order valence-corrected chi connectivity index (χ3v) is 4.88. The molecular weight excluding hydrogens is 301 g/mol. The molecule has 0 aliphatic heterocycles. The molecule has 0 spiro atoms. The minimum Gasteiger partial charge on any atom is -0.323 e. The third-order valence-electron chi connectivity index (χ3n) is 2.61. The summed E-state index contributed by atoms with van der Waals surface area (Å²) >= 11 is 5.18. The second-order valence-corrected chi connectivity index (χ2v) is 6.13. The van der Waals surface area contributed by atoms with Crippen molar-refractivity contribution in [1.82, 2.24) is 0 Å². The van der Waals surface area contributed by atoms with Crippen molar-refractivity contribution in [3.05, 3.63) is 55.9 Å². The van der Waals surface area contributed by atoms with E-state index in [0.717, 1.165) is 21.3 Å². The van der Waals surface area contributed by atoms with Crippen LogP contribution < -0.4 is 5.73 Å². The molecule has 0 saturated heterocycles. The van der Waals surface area contributed by atoms with Gasteiger partial charge in [-0.05, 0) is 53.0 Å². The van der Waals surface area contributed by atoms with Crippen molar-refractivity contribution in [3.8, 4) is 0 Å². The van der Waals surface area contributed by atoms with E-state index in [4.69, 9.17) is 5.73 Å². The van der Waals surface area contributed by atoms with Gasteiger partial charge in [-0.2, -0.15) is 0 Å². The first-order chi connectivity index (χ1) is 8.06. The van der Waals surface area contributed by atoms with E-state index in [1.807, 2.05) is 0 Å². The zero-order valence-corrected chi connectivity index (χ0v) is 11.8. The highest BCUT2D eigenvalue weighted by Crippen LogP contribution is 2.30. The van der Waals surface area contributed by atoms with E-state index in [0.29, 0.717) is 0 Å². The van der Waals surface area contributed by atoms with E-state index in [1.54, 1.807) is 23.5 Å². The Morgan fingerprint density at radius 3 is 2.53 bits per heavy atom. The van der Waals surface area contributed by atoms with Crippen molar-refractivity contribution >= 4 is 27.3 Å². The van der Waals surface area contributed by atoms with E-state index in [9.17, 15) is 4.39 Å². The van der Waals surface area contributed by atoms with Gasteiger partial charge in [-0.3, -0.25) is 0 Å². The van der Waals surface area contributed by atoms with Gasteiger partial charge < -0.3 is 5.73 Å². The number of thiophene rings is 1. The normalized spacial score (nSPS) is 12.7. The van der Waals surface area contributed by atoms with E-state index in [2.05, 4.69) is 28.9 Å². The summed E-state index contributed by atoms with van der Waals surface area (Å²) in [5, 5.41) is 0. The van der Waals surface area contributed by atoms with Crippen LogP contribution in [0.2, 0.25) is 0 Å². The minimum atomic E-state index is -0.211. The summed E-state index contributed by atoms with van der Waals surface area (Å²) in [6.07, 6.45) is 0.729. The number of benzene rings is 1. The van der Waals surface area contributed by atoms with Crippen LogP contribution in [-0.2, 0) is 6.42 Å². The Labute approximate surface area is 113 Å². The Hall–Kier alpha value is -0.710. The molecule has 4 heteroatoms. The number of hydrogen-bond donors (Lipinski definition) is 1. The largest absolute Gasteiger partial charge is 0.323 e. The summed E-state index contributed by atoms with van der Waals surface area (Å²) in [6, 6.07) is 8.54. The molecule has 1 unspecified atom stereocenters. The molecule has 1 aromatic carbocycles. The highest BCUT2D eigenvalue weighted by atomic mass is 79.9. The molecule has 1 heterocycles. The summed E-state index contributed by atoms with van der Waals surface area (Å²) < 4.78 is 13.9. The molecule has 0 aliphatic rings. The maximum atomic E-state index is 12.8. The number of nitrogens with two attached hydrogens (primary N) is 1. The molecule has 0 saturated carbocycles. The summed E-state index contributed by atoms with van der Waals surface area (Å²) in [5.74, 6) is -0.211. The average molecular weight is 314 g/mol. The molecule has 0 amide bonds. The second-order valence-electron chi connectivity index (χ2n) is 3.99.